The van der Waals surface area contributed by atoms with Crippen LogP contribution in [-0.2, 0) is 0 Å². The second-order valence-corrected chi connectivity index (χ2v) is 6.26. The molecule has 2 nitrogen and oxygen atoms in total. The number of nitrogens with one attached hydrogen (secondary N) is 1. The van der Waals surface area contributed by atoms with Gasteiger partial charge in [-0.3, -0.25) is 0 Å². The first-order valence-electron chi connectivity index (χ1n) is 5.73. The quantitative estimate of drug-likeness (QED) is 0.583. The van der Waals surface area contributed by atoms with Gasteiger partial charge in [-0.2, -0.15) is 0 Å². The van der Waals surface area contributed by atoms with Crippen LogP contribution in [0.4, 0.5) is 0 Å². The van der Waals surface area contributed by atoms with Gasteiger partial charge in [0.15, 0.2) is 0 Å². The van der Waals surface area contributed by atoms with Crippen molar-refractivity contribution in [3.63, 3.8) is 0 Å². The summed E-state index contributed by atoms with van der Waals surface area (Å²) < 4.78 is 6.70. The normalized spacial score (nSPS) is 11.5. The van der Waals surface area contributed by atoms with Crippen LogP contribution in [0.15, 0.2) is 28.7 Å². The number of ether oxygens (including phenoxy) is 1. The van der Waals surface area contributed by atoms with Gasteiger partial charge in [-0.1, -0.05) is 37.9 Å². The molecular weight excluding hydrogens is 346 g/mol. The molecule has 0 fully saturated rings. The van der Waals surface area contributed by atoms with E-state index >= 15 is 0 Å². The van der Waals surface area contributed by atoms with E-state index in [4.69, 9.17) is 4.74 Å². The second-order valence-electron chi connectivity index (χ2n) is 4.56. The van der Waals surface area contributed by atoms with Crippen molar-refractivity contribution in [3.8, 4) is 5.75 Å². The lowest BCUT2D eigenvalue weighted by atomic mass is 10.0. The molecule has 1 rings (SSSR count). The maximum absolute atomic E-state index is 5.66. The molecule has 1 aromatic carbocycles. The Balaban J connectivity index is 2.24. The highest BCUT2D eigenvalue weighted by molar-refractivity contribution is 9.10. The van der Waals surface area contributed by atoms with Crippen molar-refractivity contribution >= 4 is 31.9 Å². The molecule has 1 N–H and O–H groups in total. The smallest absolute Gasteiger partial charge is 0.120 e. The van der Waals surface area contributed by atoms with Crippen LogP contribution >= 0.6 is 31.9 Å². The highest BCUT2D eigenvalue weighted by atomic mass is 79.9. The van der Waals surface area contributed by atoms with Gasteiger partial charge in [0.2, 0.25) is 0 Å². The molecule has 17 heavy (non-hydrogen) atoms. The Morgan fingerprint density at radius 3 is 2.76 bits per heavy atom. The third kappa shape index (κ3) is 6.43. The van der Waals surface area contributed by atoms with Crippen molar-refractivity contribution < 1.29 is 4.74 Å². The van der Waals surface area contributed by atoms with Crippen LogP contribution in [0, 0.1) is 0 Å². The van der Waals surface area contributed by atoms with Gasteiger partial charge in [-0.15, -0.1) is 0 Å². The summed E-state index contributed by atoms with van der Waals surface area (Å²) in [6.45, 7) is 5.94. The molecule has 0 amide bonds. The molecule has 0 spiro atoms. The van der Waals surface area contributed by atoms with Crippen molar-refractivity contribution in [2.24, 2.45) is 0 Å². The summed E-state index contributed by atoms with van der Waals surface area (Å²) in [6.07, 6.45) is 1.10. The van der Waals surface area contributed by atoms with E-state index in [0.29, 0.717) is 6.61 Å². The van der Waals surface area contributed by atoms with Crippen molar-refractivity contribution in [1.82, 2.24) is 5.32 Å². The van der Waals surface area contributed by atoms with E-state index in [1.807, 2.05) is 24.3 Å². The van der Waals surface area contributed by atoms with Gasteiger partial charge in [-0.05, 0) is 38.5 Å². The number of alkyl halides is 1. The molecule has 0 aliphatic rings. The molecule has 0 bridgehead atoms. The minimum atomic E-state index is 0.157. The zero-order valence-electron chi connectivity index (χ0n) is 10.3. The summed E-state index contributed by atoms with van der Waals surface area (Å²) >= 11 is 6.88. The predicted molar refractivity (Wildman–Crippen MR) is 80.1 cm³/mol. The average Bonchev–Trinajstić information content (AvgIpc) is 2.24. The zero-order chi connectivity index (χ0) is 12.7. The molecule has 0 aliphatic carbocycles. The number of hydrogen-bond donors (Lipinski definition) is 1. The minimum absolute atomic E-state index is 0.157. The van der Waals surface area contributed by atoms with Crippen LogP contribution in [0.25, 0.3) is 0 Å². The van der Waals surface area contributed by atoms with E-state index in [1.165, 1.54) is 0 Å². The summed E-state index contributed by atoms with van der Waals surface area (Å²) in [7, 11) is 0. The first-order chi connectivity index (χ1) is 8.03. The fourth-order valence-corrected chi connectivity index (χ4v) is 2.81. The van der Waals surface area contributed by atoms with Gasteiger partial charge in [0, 0.05) is 21.9 Å². The van der Waals surface area contributed by atoms with E-state index in [1.54, 1.807) is 0 Å². The molecule has 0 aromatic heterocycles. The lowest BCUT2D eigenvalue weighted by molar-refractivity contribution is 0.281. The van der Waals surface area contributed by atoms with Crippen molar-refractivity contribution in [2.45, 2.75) is 25.8 Å². The van der Waals surface area contributed by atoms with Gasteiger partial charge in [0.25, 0.3) is 0 Å². The van der Waals surface area contributed by atoms with Gasteiger partial charge >= 0.3 is 0 Å². The van der Waals surface area contributed by atoms with Gasteiger partial charge in [-0.25, -0.2) is 0 Å². The standard InChI is InChI=1S/C13H19Br2NO/c1-13(2,6-7-14)16-8-9-17-12-5-3-4-11(15)10-12/h3-5,10,16H,6-9H2,1-2H3. The first kappa shape index (κ1) is 15.0. The van der Waals surface area contributed by atoms with E-state index in [2.05, 4.69) is 51.0 Å². The Kier molecular flexibility index (Phi) is 6.52. The lowest BCUT2D eigenvalue weighted by Crippen LogP contribution is -2.41. The third-order valence-electron chi connectivity index (χ3n) is 2.49. The molecule has 0 saturated heterocycles. The molecule has 1 aromatic rings. The average molecular weight is 365 g/mol. The molecule has 0 radical (unpaired) electrons. The fourth-order valence-electron chi connectivity index (χ4n) is 1.44. The van der Waals surface area contributed by atoms with Crippen LogP contribution in [0.1, 0.15) is 20.3 Å². The molecule has 0 heterocycles. The van der Waals surface area contributed by atoms with Crippen molar-refractivity contribution in [2.75, 3.05) is 18.5 Å². The van der Waals surface area contributed by atoms with Crippen molar-refractivity contribution in [1.29, 1.82) is 0 Å². The van der Waals surface area contributed by atoms with Crippen LogP contribution < -0.4 is 10.1 Å². The zero-order valence-corrected chi connectivity index (χ0v) is 13.5. The van der Waals surface area contributed by atoms with Crippen LogP contribution in [-0.4, -0.2) is 24.0 Å². The molecule has 0 saturated carbocycles. The molecule has 0 atom stereocenters. The summed E-state index contributed by atoms with van der Waals surface area (Å²) in [6, 6.07) is 7.91. The maximum atomic E-state index is 5.66. The topological polar surface area (TPSA) is 21.3 Å². The Labute approximate surface area is 120 Å². The highest BCUT2D eigenvalue weighted by Crippen LogP contribution is 2.17. The summed E-state index contributed by atoms with van der Waals surface area (Å²) in [5.41, 5.74) is 0.157. The summed E-state index contributed by atoms with van der Waals surface area (Å²) in [4.78, 5) is 0. The monoisotopic (exact) mass is 363 g/mol. The second kappa shape index (κ2) is 7.39. The van der Waals surface area contributed by atoms with Gasteiger partial charge in [0.1, 0.15) is 12.4 Å². The minimum Gasteiger partial charge on any atom is -0.492 e. The number of halogens is 2. The Morgan fingerprint density at radius 1 is 1.35 bits per heavy atom. The summed E-state index contributed by atoms with van der Waals surface area (Å²) in [5.74, 6) is 0.902. The number of rotatable bonds is 7. The van der Waals surface area contributed by atoms with Gasteiger partial charge < -0.3 is 10.1 Å². The number of hydrogen-bond acceptors (Lipinski definition) is 2. The van der Waals surface area contributed by atoms with E-state index < -0.39 is 0 Å². The fraction of sp³-hybridized carbons (Fsp3) is 0.538. The molecule has 4 heteroatoms. The van der Waals surface area contributed by atoms with E-state index in [0.717, 1.165) is 28.5 Å². The molecule has 0 unspecified atom stereocenters. The van der Waals surface area contributed by atoms with Crippen molar-refractivity contribution in [3.05, 3.63) is 28.7 Å². The Morgan fingerprint density at radius 2 is 2.12 bits per heavy atom. The van der Waals surface area contributed by atoms with E-state index in [-0.39, 0.29) is 5.54 Å². The Hall–Kier alpha value is -0.0600. The van der Waals surface area contributed by atoms with E-state index in [9.17, 15) is 0 Å². The Bertz CT molecular complexity index is 342. The third-order valence-corrected chi connectivity index (χ3v) is 3.38. The van der Waals surface area contributed by atoms with Crippen LogP contribution in [0.2, 0.25) is 0 Å². The molecule has 96 valence electrons. The molecule has 0 aliphatic heterocycles. The largest absolute Gasteiger partial charge is 0.492 e. The first-order valence-corrected chi connectivity index (χ1v) is 7.64. The van der Waals surface area contributed by atoms with Crippen LogP contribution in [0.5, 0.6) is 5.75 Å². The van der Waals surface area contributed by atoms with Gasteiger partial charge in [0.05, 0.1) is 0 Å². The number of benzene rings is 1. The lowest BCUT2D eigenvalue weighted by Gasteiger charge is -2.25. The van der Waals surface area contributed by atoms with Crippen LogP contribution in [0.3, 0.4) is 0 Å². The predicted octanol–water partition coefficient (Wildman–Crippen LogP) is 3.98. The maximum Gasteiger partial charge on any atom is 0.120 e. The summed E-state index contributed by atoms with van der Waals surface area (Å²) in [5, 5.41) is 4.49. The molecular formula is C13H19Br2NO. The highest BCUT2D eigenvalue weighted by Gasteiger charge is 2.14. The SMILES string of the molecule is CC(C)(CCBr)NCCOc1cccc(Br)c1.